The molecule has 0 heterocycles. The van der Waals surface area contributed by atoms with Crippen LogP contribution in [0.2, 0.25) is 0 Å². The predicted octanol–water partition coefficient (Wildman–Crippen LogP) is -0.193. The van der Waals surface area contributed by atoms with E-state index in [1.54, 1.807) is 0 Å². The highest BCUT2D eigenvalue weighted by Gasteiger charge is 2.20. The summed E-state index contributed by atoms with van der Waals surface area (Å²) in [7, 11) is 0. The normalized spacial score (nSPS) is 11.7. The second kappa shape index (κ2) is 8.06. The zero-order valence-electron chi connectivity index (χ0n) is 11.2. The minimum atomic E-state index is -0.886. The van der Waals surface area contributed by atoms with E-state index in [9.17, 15) is 14.4 Å². The monoisotopic (exact) mass is 278 g/mol. The zero-order valence-corrected chi connectivity index (χ0v) is 11.2. The summed E-state index contributed by atoms with van der Waals surface area (Å²) >= 11 is 0. The molecule has 0 saturated carbocycles. The molecule has 0 radical (unpaired) electrons. The molecule has 0 aliphatic rings. The smallest absolute Gasteiger partial charge is 0.245 e. The zero-order chi connectivity index (χ0) is 15.0. The molecule has 108 valence electrons. The van der Waals surface area contributed by atoms with Crippen molar-refractivity contribution >= 4 is 18.2 Å². The first kappa shape index (κ1) is 15.8. The average molecular weight is 278 g/mol. The van der Waals surface area contributed by atoms with Gasteiger partial charge >= 0.3 is 0 Å². The van der Waals surface area contributed by atoms with Crippen LogP contribution >= 0.6 is 0 Å². The van der Waals surface area contributed by atoms with Crippen molar-refractivity contribution < 1.29 is 14.4 Å². The minimum Gasteiger partial charge on any atom is -0.370 e. The number of primary amides is 1. The Kier molecular flexibility index (Phi) is 6.39. The molecule has 0 aliphatic carbocycles. The second-order valence-electron chi connectivity index (χ2n) is 4.48. The van der Waals surface area contributed by atoms with Gasteiger partial charge < -0.3 is 11.5 Å². The largest absolute Gasteiger partial charge is 0.370 e. The summed E-state index contributed by atoms with van der Waals surface area (Å²) in [5.74, 6) is -1.01. The van der Waals surface area contributed by atoms with Crippen LogP contribution in [0.1, 0.15) is 18.4 Å². The summed E-state index contributed by atoms with van der Waals surface area (Å²) in [5.41, 5.74) is 11.7. The standard InChI is InChI=1S/C14H19N3O3/c15-12(6-7-13(16)19)14(20)17(10-18)9-8-11-4-2-1-3-5-11/h1-5,10,12H,6-9,15H2,(H2,16,19)/t12-/m0/s1/i15+1. The molecule has 1 aromatic carbocycles. The van der Waals surface area contributed by atoms with Crippen molar-refractivity contribution in [3.05, 3.63) is 35.9 Å². The third-order valence-electron chi connectivity index (χ3n) is 2.91. The number of hydrogen-bond donors (Lipinski definition) is 2. The summed E-state index contributed by atoms with van der Waals surface area (Å²) in [4.78, 5) is 34.6. The van der Waals surface area contributed by atoms with Crippen LogP contribution in [0.25, 0.3) is 0 Å². The highest BCUT2D eigenvalue weighted by Crippen LogP contribution is 2.03. The molecular formula is C14H19N3O3. The molecule has 0 unspecified atom stereocenters. The predicted molar refractivity (Wildman–Crippen MR) is 74.3 cm³/mol. The van der Waals surface area contributed by atoms with E-state index in [4.69, 9.17) is 11.5 Å². The molecule has 0 aliphatic heterocycles. The Balaban J connectivity index is 2.50. The summed E-state index contributed by atoms with van der Waals surface area (Å²) < 4.78 is 0. The van der Waals surface area contributed by atoms with Crippen molar-refractivity contribution in [2.24, 2.45) is 11.5 Å². The number of nitrogens with two attached hydrogens (primary N) is 2. The molecule has 1 atom stereocenters. The minimum absolute atomic E-state index is 0.0261. The van der Waals surface area contributed by atoms with Crippen molar-refractivity contribution in [3.8, 4) is 0 Å². The van der Waals surface area contributed by atoms with Crippen LogP contribution < -0.4 is 11.5 Å². The van der Waals surface area contributed by atoms with E-state index in [1.165, 1.54) is 0 Å². The molecule has 0 spiro atoms. The Labute approximate surface area is 117 Å². The molecule has 20 heavy (non-hydrogen) atoms. The fourth-order valence-corrected chi connectivity index (χ4v) is 1.74. The lowest BCUT2D eigenvalue weighted by molar-refractivity contribution is -0.139. The van der Waals surface area contributed by atoms with Crippen molar-refractivity contribution in [1.29, 1.82) is 0 Å². The number of nitrogens with zero attached hydrogens (tertiary/aromatic N) is 1. The maximum Gasteiger partial charge on any atom is 0.245 e. The van der Waals surface area contributed by atoms with Gasteiger partial charge in [0, 0.05) is 13.0 Å². The summed E-state index contributed by atoms with van der Waals surface area (Å²) in [5, 5.41) is 0. The Bertz CT molecular complexity index is 462. The van der Waals surface area contributed by atoms with Crippen LogP contribution in [0, 0.1) is 0 Å². The van der Waals surface area contributed by atoms with Crippen LogP contribution in [0.4, 0.5) is 0 Å². The molecule has 0 bridgehead atoms. The van der Waals surface area contributed by atoms with Crippen LogP contribution in [0.3, 0.4) is 0 Å². The van der Waals surface area contributed by atoms with Crippen molar-refractivity contribution in [2.45, 2.75) is 25.3 Å². The van der Waals surface area contributed by atoms with Gasteiger partial charge in [-0.15, -0.1) is 0 Å². The van der Waals surface area contributed by atoms with Gasteiger partial charge in [-0.1, -0.05) is 30.3 Å². The fourth-order valence-electron chi connectivity index (χ4n) is 1.74. The highest BCUT2D eigenvalue weighted by molar-refractivity contribution is 5.90. The summed E-state index contributed by atoms with van der Waals surface area (Å²) in [6.07, 6.45) is 1.20. The number of hydrogen-bond acceptors (Lipinski definition) is 4. The highest BCUT2D eigenvalue weighted by atomic mass is 16.2. The lowest BCUT2D eigenvalue weighted by Gasteiger charge is -2.19. The van der Waals surface area contributed by atoms with Gasteiger partial charge in [0.05, 0.1) is 6.04 Å². The summed E-state index contributed by atoms with van der Waals surface area (Å²) in [6, 6.07) is 8.62. The van der Waals surface area contributed by atoms with Crippen molar-refractivity contribution in [3.63, 3.8) is 0 Å². The Morgan fingerprint density at radius 2 is 1.90 bits per heavy atom. The summed E-state index contributed by atoms with van der Waals surface area (Å²) in [6.45, 7) is 0.261. The molecule has 1 aromatic rings. The molecule has 6 nitrogen and oxygen atoms in total. The maximum atomic E-state index is 11.9. The molecule has 6 heteroatoms. The SMILES string of the molecule is NC(=O)CC[C@H]([15NH2])C(=O)N(C=O)CCc1ccccc1. The molecule has 0 aromatic heterocycles. The van der Waals surface area contributed by atoms with E-state index in [2.05, 4.69) is 0 Å². The first-order valence-electron chi connectivity index (χ1n) is 6.38. The van der Waals surface area contributed by atoms with Crippen LogP contribution in [-0.2, 0) is 20.8 Å². The fraction of sp³-hybridized carbons (Fsp3) is 0.357. The van der Waals surface area contributed by atoms with Crippen LogP contribution in [-0.4, -0.2) is 35.7 Å². The van der Waals surface area contributed by atoms with E-state index in [-0.39, 0.29) is 19.4 Å². The topological polar surface area (TPSA) is 106 Å². The number of imide groups is 1. The molecule has 4 N–H and O–H groups in total. The second-order valence-corrected chi connectivity index (χ2v) is 4.48. The molecule has 0 fully saturated rings. The maximum absolute atomic E-state index is 11.9. The Morgan fingerprint density at radius 3 is 2.45 bits per heavy atom. The first-order valence-corrected chi connectivity index (χ1v) is 6.38. The van der Waals surface area contributed by atoms with Gasteiger partial charge in [0.1, 0.15) is 0 Å². The van der Waals surface area contributed by atoms with Gasteiger partial charge in [-0.2, -0.15) is 0 Å². The van der Waals surface area contributed by atoms with E-state index < -0.39 is 17.9 Å². The Morgan fingerprint density at radius 1 is 1.25 bits per heavy atom. The van der Waals surface area contributed by atoms with Crippen LogP contribution in [0.15, 0.2) is 30.3 Å². The van der Waals surface area contributed by atoms with Crippen molar-refractivity contribution in [1.82, 2.24) is 4.90 Å². The molecule has 1 rings (SSSR count). The van der Waals surface area contributed by atoms with Gasteiger partial charge in [0.2, 0.25) is 18.2 Å². The molecular weight excluding hydrogens is 259 g/mol. The molecule has 0 saturated heterocycles. The lowest BCUT2D eigenvalue weighted by Crippen LogP contribution is -2.44. The van der Waals surface area contributed by atoms with Gasteiger partial charge in [0.15, 0.2) is 0 Å². The number of benzene rings is 1. The van der Waals surface area contributed by atoms with E-state index in [1.807, 2.05) is 30.3 Å². The van der Waals surface area contributed by atoms with E-state index in [0.29, 0.717) is 12.8 Å². The average Bonchev–Trinajstić information content (AvgIpc) is 2.46. The Hall–Kier alpha value is -2.21. The number of carbonyl (C=O) groups excluding carboxylic acids is 3. The molecule has 3 amide bonds. The first-order chi connectivity index (χ1) is 9.54. The van der Waals surface area contributed by atoms with Gasteiger partial charge in [-0.3, -0.25) is 19.3 Å². The number of rotatable bonds is 8. The van der Waals surface area contributed by atoms with Gasteiger partial charge in [-0.05, 0) is 18.4 Å². The van der Waals surface area contributed by atoms with Gasteiger partial charge in [-0.25, -0.2) is 0 Å². The van der Waals surface area contributed by atoms with Gasteiger partial charge in [0.25, 0.3) is 0 Å². The third-order valence-corrected chi connectivity index (χ3v) is 2.91. The number of carbonyl (C=O) groups is 3. The van der Waals surface area contributed by atoms with Crippen molar-refractivity contribution in [2.75, 3.05) is 6.54 Å². The lowest BCUT2D eigenvalue weighted by atomic mass is 10.1. The third kappa shape index (κ3) is 5.19. The van der Waals surface area contributed by atoms with Crippen LogP contribution in [0.5, 0.6) is 0 Å². The quantitative estimate of drug-likeness (QED) is 0.507. The van der Waals surface area contributed by atoms with E-state index >= 15 is 0 Å². The number of amides is 3. The van der Waals surface area contributed by atoms with E-state index in [0.717, 1.165) is 10.5 Å².